The van der Waals surface area contributed by atoms with Crippen molar-refractivity contribution in [1.29, 1.82) is 0 Å². The molecule has 0 aliphatic carbocycles. The fourth-order valence-corrected chi connectivity index (χ4v) is 2.86. The Morgan fingerprint density at radius 1 is 0.818 bits per heavy atom. The Labute approximate surface area is 195 Å². The van der Waals surface area contributed by atoms with Crippen LogP contribution in [-0.4, -0.2) is 82.2 Å². The minimum Gasteiger partial charge on any atom is -0.481 e. The van der Waals surface area contributed by atoms with Crippen LogP contribution in [0.2, 0.25) is 0 Å². The lowest BCUT2D eigenvalue weighted by atomic mass is 10.1. The van der Waals surface area contributed by atoms with Crippen LogP contribution in [0.15, 0.2) is 0 Å². The van der Waals surface area contributed by atoms with E-state index in [0.717, 1.165) is 0 Å². The SMILES string of the molecule is NCCCCC(NC(=O)C(CS)NC(=O)C(CCC(N)=O)NC(=O)C(N)CC(=O)O)C(=O)O. The van der Waals surface area contributed by atoms with Gasteiger partial charge < -0.3 is 43.4 Å². The van der Waals surface area contributed by atoms with Crippen LogP contribution in [0.4, 0.5) is 0 Å². The van der Waals surface area contributed by atoms with Gasteiger partial charge in [0, 0.05) is 12.2 Å². The average Bonchev–Trinajstić information content (AvgIpc) is 2.72. The van der Waals surface area contributed by atoms with Crippen molar-refractivity contribution in [2.75, 3.05) is 12.3 Å². The highest BCUT2D eigenvalue weighted by Gasteiger charge is 2.30. The standard InChI is InChI=1S/C18H32N6O8S/c19-6-2-1-3-11(18(31)32)23-17(30)12(8-33)24-16(29)10(4-5-13(21)25)22-15(28)9(20)7-14(26)27/h9-12,33H,1-8,19-20H2,(H2,21,25)(H,22,28)(H,23,30)(H,24,29)(H,26,27)(H,31,32). The monoisotopic (exact) mass is 492 g/mol. The van der Waals surface area contributed by atoms with Crippen molar-refractivity contribution in [3.05, 3.63) is 0 Å². The van der Waals surface area contributed by atoms with E-state index in [1.54, 1.807) is 0 Å². The first-order chi connectivity index (χ1) is 15.4. The number of hydrogen-bond donors (Lipinski definition) is 9. The molecule has 15 heteroatoms. The van der Waals surface area contributed by atoms with Gasteiger partial charge in [-0.3, -0.25) is 24.0 Å². The second kappa shape index (κ2) is 15.8. The van der Waals surface area contributed by atoms with Gasteiger partial charge in [-0.1, -0.05) is 0 Å². The van der Waals surface area contributed by atoms with Crippen LogP contribution < -0.4 is 33.2 Å². The maximum absolute atomic E-state index is 12.7. The molecule has 0 fully saturated rings. The van der Waals surface area contributed by atoms with Crippen LogP contribution in [0.1, 0.15) is 38.5 Å². The molecule has 33 heavy (non-hydrogen) atoms. The Kier molecular flexibility index (Phi) is 14.4. The zero-order valence-corrected chi connectivity index (χ0v) is 18.9. The second-order valence-corrected chi connectivity index (χ2v) is 7.56. The quantitative estimate of drug-likeness (QED) is 0.0719. The summed E-state index contributed by atoms with van der Waals surface area (Å²) in [5.74, 6) is -6.23. The zero-order valence-electron chi connectivity index (χ0n) is 18.0. The lowest BCUT2D eigenvalue weighted by Gasteiger charge is -2.24. The summed E-state index contributed by atoms with van der Waals surface area (Å²) in [6, 6.07) is -5.29. The fourth-order valence-electron chi connectivity index (χ4n) is 2.60. The minimum atomic E-state index is -1.46. The topological polar surface area (TPSA) is 257 Å². The van der Waals surface area contributed by atoms with Gasteiger partial charge in [0.05, 0.1) is 12.5 Å². The van der Waals surface area contributed by atoms with Crippen molar-refractivity contribution < 1.29 is 39.0 Å². The van der Waals surface area contributed by atoms with E-state index in [0.29, 0.717) is 19.4 Å². The van der Waals surface area contributed by atoms with Crippen molar-refractivity contribution in [3.8, 4) is 0 Å². The second-order valence-electron chi connectivity index (χ2n) is 7.20. The van der Waals surface area contributed by atoms with Gasteiger partial charge >= 0.3 is 11.9 Å². The molecule has 0 saturated carbocycles. The maximum Gasteiger partial charge on any atom is 0.326 e. The number of rotatable bonds is 17. The molecule has 0 bridgehead atoms. The number of unbranched alkanes of at least 4 members (excludes halogenated alkanes) is 1. The Balaban J connectivity index is 5.26. The number of carboxylic acid groups (broad SMARTS) is 2. The van der Waals surface area contributed by atoms with E-state index in [9.17, 15) is 33.9 Å². The van der Waals surface area contributed by atoms with Crippen LogP contribution in [0.25, 0.3) is 0 Å². The molecule has 0 aliphatic rings. The summed E-state index contributed by atoms with van der Waals surface area (Å²) in [5.41, 5.74) is 15.9. The molecule has 0 heterocycles. The molecule has 4 unspecified atom stereocenters. The molecule has 0 aliphatic heterocycles. The summed E-state index contributed by atoms with van der Waals surface area (Å²) in [7, 11) is 0. The molecule has 0 aromatic heterocycles. The number of hydrogen-bond acceptors (Lipinski definition) is 9. The smallest absolute Gasteiger partial charge is 0.326 e. The van der Waals surface area contributed by atoms with Gasteiger partial charge in [-0.2, -0.15) is 12.6 Å². The number of amides is 4. The van der Waals surface area contributed by atoms with Crippen molar-refractivity contribution in [3.63, 3.8) is 0 Å². The van der Waals surface area contributed by atoms with Crippen LogP contribution >= 0.6 is 12.6 Å². The van der Waals surface area contributed by atoms with E-state index in [4.69, 9.17) is 22.3 Å². The van der Waals surface area contributed by atoms with Gasteiger partial charge in [0.2, 0.25) is 23.6 Å². The van der Waals surface area contributed by atoms with Crippen molar-refractivity contribution in [2.24, 2.45) is 17.2 Å². The third-order valence-corrected chi connectivity index (χ3v) is 4.79. The zero-order chi connectivity index (χ0) is 25.6. The van der Waals surface area contributed by atoms with E-state index in [1.807, 2.05) is 0 Å². The molecule has 4 amide bonds. The Morgan fingerprint density at radius 3 is 1.85 bits per heavy atom. The molecule has 188 valence electrons. The van der Waals surface area contributed by atoms with Crippen molar-refractivity contribution in [1.82, 2.24) is 16.0 Å². The summed E-state index contributed by atoms with van der Waals surface area (Å²) in [6.07, 6.45) is -0.0826. The predicted molar refractivity (Wildman–Crippen MR) is 119 cm³/mol. The lowest BCUT2D eigenvalue weighted by Crippen LogP contribution is -2.57. The lowest BCUT2D eigenvalue weighted by molar-refractivity contribution is -0.142. The van der Waals surface area contributed by atoms with E-state index in [2.05, 4.69) is 28.6 Å². The van der Waals surface area contributed by atoms with Crippen molar-refractivity contribution >= 4 is 48.2 Å². The van der Waals surface area contributed by atoms with Gasteiger partial charge in [-0.15, -0.1) is 0 Å². The Morgan fingerprint density at radius 2 is 1.36 bits per heavy atom. The fraction of sp³-hybridized carbons (Fsp3) is 0.667. The molecule has 11 N–H and O–H groups in total. The molecular weight excluding hydrogens is 460 g/mol. The number of nitrogens with two attached hydrogens (primary N) is 3. The molecule has 4 atom stereocenters. The molecular formula is C18H32N6O8S. The van der Waals surface area contributed by atoms with Crippen LogP contribution in [0, 0.1) is 0 Å². The molecule has 0 aromatic rings. The highest BCUT2D eigenvalue weighted by atomic mass is 32.1. The number of primary amides is 1. The number of carboxylic acids is 2. The number of aliphatic carboxylic acids is 2. The normalized spacial score (nSPS) is 14.3. The van der Waals surface area contributed by atoms with Gasteiger partial charge in [0.15, 0.2) is 0 Å². The molecule has 14 nitrogen and oxygen atoms in total. The first-order valence-electron chi connectivity index (χ1n) is 10.1. The van der Waals surface area contributed by atoms with Gasteiger partial charge in [-0.05, 0) is 32.2 Å². The molecule has 0 aromatic carbocycles. The molecule has 0 rings (SSSR count). The highest BCUT2D eigenvalue weighted by Crippen LogP contribution is 2.04. The van der Waals surface area contributed by atoms with Crippen LogP contribution in [-0.2, 0) is 28.8 Å². The highest BCUT2D eigenvalue weighted by molar-refractivity contribution is 7.80. The first-order valence-corrected chi connectivity index (χ1v) is 10.8. The molecule has 0 saturated heterocycles. The third kappa shape index (κ3) is 12.6. The average molecular weight is 493 g/mol. The summed E-state index contributed by atoms with van der Waals surface area (Å²) in [6.45, 7) is 0.365. The van der Waals surface area contributed by atoms with Gasteiger partial charge in [0.1, 0.15) is 18.1 Å². The number of carbonyl (C=O) groups is 6. The number of nitrogens with one attached hydrogen (secondary N) is 3. The summed E-state index contributed by atoms with van der Waals surface area (Å²) in [5, 5.41) is 24.9. The Bertz CT molecular complexity index is 722. The van der Waals surface area contributed by atoms with E-state index in [1.165, 1.54) is 0 Å². The molecule has 0 radical (unpaired) electrons. The summed E-state index contributed by atoms with van der Waals surface area (Å²) < 4.78 is 0. The first kappa shape index (κ1) is 30.1. The number of thiol groups is 1. The van der Waals surface area contributed by atoms with Crippen LogP contribution in [0.5, 0.6) is 0 Å². The summed E-state index contributed by atoms with van der Waals surface area (Å²) >= 11 is 4.00. The van der Waals surface area contributed by atoms with E-state index >= 15 is 0 Å². The third-order valence-electron chi connectivity index (χ3n) is 4.42. The Hall–Kier alpha value is -2.91. The number of carbonyl (C=O) groups excluding carboxylic acids is 4. The predicted octanol–water partition coefficient (Wildman–Crippen LogP) is -3.35. The molecule has 0 spiro atoms. The van der Waals surface area contributed by atoms with Gasteiger partial charge in [-0.25, -0.2) is 4.79 Å². The minimum absolute atomic E-state index is 0.129. The van der Waals surface area contributed by atoms with Crippen molar-refractivity contribution in [2.45, 2.75) is 62.7 Å². The maximum atomic E-state index is 12.7. The summed E-state index contributed by atoms with van der Waals surface area (Å²) in [4.78, 5) is 70.5. The largest absolute Gasteiger partial charge is 0.481 e. The van der Waals surface area contributed by atoms with E-state index < -0.39 is 66.2 Å². The van der Waals surface area contributed by atoms with Crippen LogP contribution in [0.3, 0.4) is 0 Å². The van der Waals surface area contributed by atoms with E-state index in [-0.39, 0.29) is 25.0 Å². The van der Waals surface area contributed by atoms with Gasteiger partial charge in [0.25, 0.3) is 0 Å².